The highest BCUT2D eigenvalue weighted by atomic mass is 32.1. The number of ether oxygens (including phenoxy) is 1. The first-order chi connectivity index (χ1) is 10.9. The molecule has 0 radical (unpaired) electrons. The number of carbonyl (C=O) groups is 3. The van der Waals surface area contributed by atoms with Crippen molar-refractivity contribution in [3.05, 3.63) is 16.5 Å². The lowest BCUT2D eigenvalue weighted by atomic mass is 9.79. The van der Waals surface area contributed by atoms with Crippen LogP contribution in [0.4, 0.5) is 5.00 Å². The van der Waals surface area contributed by atoms with Gasteiger partial charge in [-0.05, 0) is 32.8 Å². The van der Waals surface area contributed by atoms with Crippen LogP contribution >= 0.6 is 11.3 Å². The van der Waals surface area contributed by atoms with Gasteiger partial charge in [0.1, 0.15) is 5.00 Å². The zero-order valence-corrected chi connectivity index (χ0v) is 14.1. The second kappa shape index (κ2) is 7.59. The SMILES string of the molecule is CCOC(=O)c1cc(C)sc1NC(=O)[C@@H]1CCCC[C@H]1C(=O)O. The number of carboxylic acid groups (broad SMARTS) is 1. The molecule has 1 aromatic heterocycles. The van der Waals surface area contributed by atoms with Crippen LogP contribution < -0.4 is 5.32 Å². The monoisotopic (exact) mass is 339 g/mol. The van der Waals surface area contributed by atoms with Crippen molar-refractivity contribution in [2.24, 2.45) is 11.8 Å². The van der Waals surface area contributed by atoms with E-state index in [1.54, 1.807) is 13.0 Å². The molecule has 0 unspecified atom stereocenters. The molecule has 126 valence electrons. The molecule has 1 fully saturated rings. The van der Waals surface area contributed by atoms with Crippen molar-refractivity contribution in [1.29, 1.82) is 0 Å². The Kier molecular flexibility index (Phi) is 5.76. The summed E-state index contributed by atoms with van der Waals surface area (Å²) in [6, 6.07) is 1.67. The van der Waals surface area contributed by atoms with E-state index in [-0.39, 0.29) is 12.5 Å². The van der Waals surface area contributed by atoms with E-state index in [2.05, 4.69) is 5.32 Å². The minimum Gasteiger partial charge on any atom is -0.481 e. The minimum absolute atomic E-state index is 0.255. The number of esters is 1. The third-order valence-corrected chi connectivity index (χ3v) is 4.97. The lowest BCUT2D eigenvalue weighted by molar-refractivity contribution is -0.147. The van der Waals surface area contributed by atoms with E-state index in [4.69, 9.17) is 4.74 Å². The minimum atomic E-state index is -0.933. The smallest absolute Gasteiger partial charge is 0.341 e. The second-order valence-corrected chi connectivity index (χ2v) is 6.90. The van der Waals surface area contributed by atoms with Gasteiger partial charge in [-0.1, -0.05) is 12.8 Å². The van der Waals surface area contributed by atoms with Crippen LogP contribution in [0, 0.1) is 18.8 Å². The first-order valence-electron chi connectivity index (χ1n) is 7.75. The molecule has 23 heavy (non-hydrogen) atoms. The van der Waals surface area contributed by atoms with Gasteiger partial charge in [0, 0.05) is 4.88 Å². The van der Waals surface area contributed by atoms with Crippen molar-refractivity contribution < 1.29 is 24.2 Å². The number of rotatable bonds is 5. The Hall–Kier alpha value is -1.89. The summed E-state index contributed by atoms with van der Waals surface area (Å²) in [5.74, 6) is -2.96. The van der Waals surface area contributed by atoms with Crippen molar-refractivity contribution in [3.8, 4) is 0 Å². The van der Waals surface area contributed by atoms with Crippen LogP contribution in [-0.2, 0) is 14.3 Å². The number of aliphatic carboxylic acids is 1. The van der Waals surface area contributed by atoms with Crippen molar-refractivity contribution >= 4 is 34.2 Å². The average Bonchev–Trinajstić information content (AvgIpc) is 2.88. The summed E-state index contributed by atoms with van der Waals surface area (Å²) in [5.41, 5.74) is 0.324. The maximum Gasteiger partial charge on any atom is 0.341 e. The fourth-order valence-electron chi connectivity index (χ4n) is 2.91. The Morgan fingerprint density at radius 3 is 2.57 bits per heavy atom. The topological polar surface area (TPSA) is 92.7 Å². The molecular formula is C16H21NO5S. The summed E-state index contributed by atoms with van der Waals surface area (Å²) in [6.07, 6.45) is 2.74. The van der Waals surface area contributed by atoms with E-state index in [1.807, 2.05) is 6.92 Å². The van der Waals surface area contributed by atoms with Crippen LogP contribution in [0.15, 0.2) is 6.07 Å². The number of carbonyl (C=O) groups excluding carboxylic acids is 2. The van der Waals surface area contributed by atoms with Crippen LogP contribution in [0.1, 0.15) is 47.8 Å². The molecule has 0 bridgehead atoms. The van der Waals surface area contributed by atoms with E-state index in [9.17, 15) is 19.5 Å². The van der Waals surface area contributed by atoms with E-state index < -0.39 is 23.8 Å². The molecule has 1 heterocycles. The van der Waals surface area contributed by atoms with E-state index in [0.29, 0.717) is 23.4 Å². The first kappa shape index (κ1) is 17.5. The molecule has 1 saturated carbocycles. The van der Waals surface area contributed by atoms with Crippen molar-refractivity contribution in [3.63, 3.8) is 0 Å². The van der Waals surface area contributed by atoms with Crippen LogP contribution in [0.3, 0.4) is 0 Å². The van der Waals surface area contributed by atoms with Crippen LogP contribution in [-0.4, -0.2) is 29.6 Å². The first-order valence-corrected chi connectivity index (χ1v) is 8.57. The van der Waals surface area contributed by atoms with Crippen LogP contribution in [0.2, 0.25) is 0 Å². The Morgan fingerprint density at radius 1 is 1.30 bits per heavy atom. The average molecular weight is 339 g/mol. The lowest BCUT2D eigenvalue weighted by Crippen LogP contribution is -2.36. The summed E-state index contributed by atoms with van der Waals surface area (Å²) >= 11 is 1.29. The van der Waals surface area contributed by atoms with Gasteiger partial charge in [0.15, 0.2) is 0 Å². The predicted octanol–water partition coefficient (Wildman–Crippen LogP) is 3.06. The summed E-state index contributed by atoms with van der Waals surface area (Å²) in [7, 11) is 0. The Morgan fingerprint density at radius 2 is 1.96 bits per heavy atom. The number of thiophene rings is 1. The van der Waals surface area contributed by atoms with Crippen molar-refractivity contribution in [2.45, 2.75) is 39.5 Å². The molecule has 0 aromatic carbocycles. The number of aryl methyl sites for hydroxylation is 1. The number of amides is 1. The van der Waals surface area contributed by atoms with E-state index in [0.717, 1.165) is 17.7 Å². The summed E-state index contributed by atoms with van der Waals surface area (Å²) in [4.78, 5) is 36.7. The zero-order valence-electron chi connectivity index (χ0n) is 13.3. The predicted molar refractivity (Wildman–Crippen MR) is 86.7 cm³/mol. The highest BCUT2D eigenvalue weighted by Gasteiger charge is 2.36. The van der Waals surface area contributed by atoms with Gasteiger partial charge >= 0.3 is 11.9 Å². The molecule has 7 heteroatoms. The molecule has 1 aromatic rings. The lowest BCUT2D eigenvalue weighted by Gasteiger charge is -2.27. The number of carboxylic acids is 1. The normalized spacial score (nSPS) is 20.8. The molecule has 0 aliphatic heterocycles. The van der Waals surface area contributed by atoms with Gasteiger partial charge in [-0.3, -0.25) is 9.59 Å². The van der Waals surface area contributed by atoms with Gasteiger partial charge in [-0.15, -0.1) is 11.3 Å². The third-order valence-electron chi connectivity index (χ3n) is 4.01. The molecular weight excluding hydrogens is 318 g/mol. The molecule has 1 amide bonds. The maximum atomic E-state index is 12.5. The molecule has 1 aliphatic rings. The Labute approximate surface area is 138 Å². The highest BCUT2D eigenvalue weighted by molar-refractivity contribution is 7.16. The Bertz CT molecular complexity index is 610. The molecule has 0 spiro atoms. The van der Waals surface area contributed by atoms with E-state index >= 15 is 0 Å². The molecule has 2 N–H and O–H groups in total. The summed E-state index contributed by atoms with van der Waals surface area (Å²) in [5, 5.41) is 12.5. The fraction of sp³-hybridized carbons (Fsp3) is 0.562. The molecule has 6 nitrogen and oxygen atoms in total. The highest BCUT2D eigenvalue weighted by Crippen LogP contribution is 2.33. The van der Waals surface area contributed by atoms with Gasteiger partial charge < -0.3 is 15.2 Å². The van der Waals surface area contributed by atoms with Crippen molar-refractivity contribution in [2.75, 3.05) is 11.9 Å². The number of anilines is 1. The number of nitrogens with one attached hydrogen (secondary N) is 1. The molecule has 1 aliphatic carbocycles. The van der Waals surface area contributed by atoms with Crippen LogP contribution in [0.25, 0.3) is 0 Å². The van der Waals surface area contributed by atoms with Gasteiger partial charge in [0.2, 0.25) is 5.91 Å². The zero-order chi connectivity index (χ0) is 17.0. The van der Waals surface area contributed by atoms with Crippen molar-refractivity contribution in [1.82, 2.24) is 0 Å². The van der Waals surface area contributed by atoms with Crippen LogP contribution in [0.5, 0.6) is 0 Å². The van der Waals surface area contributed by atoms with Gasteiger partial charge in [0.25, 0.3) is 0 Å². The standard InChI is InChI=1S/C16H21NO5S/c1-3-22-16(21)12-8-9(2)23-14(12)17-13(18)10-6-4-5-7-11(10)15(19)20/h8,10-11H,3-7H2,1-2H3,(H,17,18)(H,19,20)/t10-,11-/m1/s1. The van der Waals surface area contributed by atoms with Gasteiger partial charge in [0.05, 0.1) is 24.0 Å². The number of hydrogen-bond acceptors (Lipinski definition) is 5. The second-order valence-electron chi connectivity index (χ2n) is 5.65. The summed E-state index contributed by atoms with van der Waals surface area (Å²) < 4.78 is 4.99. The van der Waals surface area contributed by atoms with Gasteiger partial charge in [-0.25, -0.2) is 4.79 Å². The quantitative estimate of drug-likeness (QED) is 0.804. The summed E-state index contributed by atoms with van der Waals surface area (Å²) in [6.45, 7) is 3.81. The fourth-order valence-corrected chi connectivity index (χ4v) is 3.82. The molecule has 2 atom stereocenters. The Balaban J connectivity index is 2.16. The maximum absolute atomic E-state index is 12.5. The molecule has 2 rings (SSSR count). The largest absolute Gasteiger partial charge is 0.481 e. The number of hydrogen-bond donors (Lipinski definition) is 2. The van der Waals surface area contributed by atoms with E-state index in [1.165, 1.54) is 11.3 Å². The third kappa shape index (κ3) is 4.10. The molecule has 0 saturated heterocycles. The van der Waals surface area contributed by atoms with Gasteiger partial charge in [-0.2, -0.15) is 0 Å².